The molecule has 0 spiro atoms. The molecule has 5 rings (SSSR count). The zero-order chi connectivity index (χ0) is 21.9. The van der Waals surface area contributed by atoms with Gasteiger partial charge in [0.2, 0.25) is 0 Å². The zero-order valence-electron chi connectivity index (χ0n) is 17.9. The lowest BCUT2D eigenvalue weighted by Gasteiger charge is -2.34. The van der Waals surface area contributed by atoms with Crippen molar-refractivity contribution in [1.29, 1.82) is 0 Å². The normalized spacial score (nSPS) is 16.5. The lowest BCUT2D eigenvalue weighted by molar-refractivity contribution is 0.0694. The van der Waals surface area contributed by atoms with E-state index in [1.54, 1.807) is 0 Å². The van der Waals surface area contributed by atoms with Crippen LogP contribution in [0.4, 0.5) is 0 Å². The summed E-state index contributed by atoms with van der Waals surface area (Å²) < 4.78 is 8.09. The monoisotopic (exact) mass is 415 g/mol. The van der Waals surface area contributed by atoms with Crippen LogP contribution in [0.15, 0.2) is 47.4 Å². The van der Waals surface area contributed by atoms with Gasteiger partial charge in [-0.05, 0) is 36.5 Å². The highest BCUT2D eigenvalue weighted by Crippen LogP contribution is 2.47. The first-order chi connectivity index (χ1) is 14.8. The molecule has 2 aromatic carbocycles. The molecule has 2 aliphatic heterocycles. The van der Waals surface area contributed by atoms with E-state index in [0.29, 0.717) is 6.61 Å². The van der Waals surface area contributed by atoms with E-state index in [4.69, 9.17) is 4.74 Å². The van der Waals surface area contributed by atoms with Gasteiger partial charge in [0.05, 0.1) is 12.3 Å². The van der Waals surface area contributed by atoms with Crippen molar-refractivity contribution >= 4 is 5.97 Å². The van der Waals surface area contributed by atoms with Gasteiger partial charge in [-0.25, -0.2) is 4.79 Å². The van der Waals surface area contributed by atoms with E-state index in [1.807, 2.05) is 4.57 Å². The standard InChI is InChI=1S/C26H25NO4/c1-14(2)22-11-19-17-8-9-31-25(17)18(16-6-4-15(3)5-7-16)10-20(19)23-12-24(28)21(26(29)30)13-27(22)23/h4-7,10,12-14,22H,8-9,11H2,1-3H3,(H,29,30)/t22-/m0/s1. The number of fused-ring (bicyclic) bond motifs is 5. The Bertz CT molecular complexity index is 1270. The van der Waals surface area contributed by atoms with E-state index < -0.39 is 11.4 Å². The van der Waals surface area contributed by atoms with Crippen molar-refractivity contribution < 1.29 is 14.6 Å². The van der Waals surface area contributed by atoms with Crippen molar-refractivity contribution in [1.82, 2.24) is 4.57 Å². The third kappa shape index (κ3) is 3.07. The molecule has 0 aliphatic carbocycles. The second kappa shape index (κ2) is 7.12. The van der Waals surface area contributed by atoms with E-state index in [0.717, 1.165) is 41.0 Å². The maximum absolute atomic E-state index is 12.6. The number of carbonyl (C=O) groups is 1. The van der Waals surface area contributed by atoms with Gasteiger partial charge in [-0.15, -0.1) is 0 Å². The molecular formula is C26H25NO4. The number of aryl methyl sites for hydroxylation is 1. The van der Waals surface area contributed by atoms with Crippen LogP contribution in [0, 0.1) is 12.8 Å². The summed E-state index contributed by atoms with van der Waals surface area (Å²) in [6.45, 7) is 6.98. The smallest absolute Gasteiger partial charge is 0.341 e. The summed E-state index contributed by atoms with van der Waals surface area (Å²) in [6, 6.07) is 12.1. The van der Waals surface area contributed by atoms with E-state index in [9.17, 15) is 14.7 Å². The topological polar surface area (TPSA) is 68.5 Å². The minimum absolute atomic E-state index is 0.0797. The summed E-state index contributed by atoms with van der Waals surface area (Å²) in [6.07, 6.45) is 3.17. The highest BCUT2D eigenvalue weighted by Gasteiger charge is 2.33. The molecule has 0 radical (unpaired) electrons. The molecule has 31 heavy (non-hydrogen) atoms. The molecule has 2 aliphatic rings. The van der Waals surface area contributed by atoms with Gasteiger partial charge in [0, 0.05) is 41.4 Å². The molecular weight excluding hydrogens is 390 g/mol. The van der Waals surface area contributed by atoms with Crippen LogP contribution in [0.3, 0.4) is 0 Å². The summed E-state index contributed by atoms with van der Waals surface area (Å²) in [5, 5.41) is 9.50. The fourth-order valence-electron chi connectivity index (χ4n) is 4.92. The molecule has 0 saturated carbocycles. The van der Waals surface area contributed by atoms with Gasteiger partial charge in [0.25, 0.3) is 0 Å². The minimum Gasteiger partial charge on any atom is -0.492 e. The highest BCUT2D eigenvalue weighted by atomic mass is 16.5. The Morgan fingerprint density at radius 3 is 2.55 bits per heavy atom. The zero-order valence-corrected chi connectivity index (χ0v) is 17.9. The first-order valence-electron chi connectivity index (χ1n) is 10.7. The predicted molar refractivity (Wildman–Crippen MR) is 120 cm³/mol. The number of hydrogen-bond donors (Lipinski definition) is 1. The number of benzene rings is 2. The average molecular weight is 415 g/mol. The molecule has 158 valence electrons. The third-order valence-electron chi connectivity index (χ3n) is 6.58. The van der Waals surface area contributed by atoms with Gasteiger partial charge in [-0.2, -0.15) is 0 Å². The van der Waals surface area contributed by atoms with E-state index >= 15 is 0 Å². The molecule has 1 N–H and O–H groups in total. The Hall–Kier alpha value is -3.34. The number of pyridine rings is 1. The summed E-state index contributed by atoms with van der Waals surface area (Å²) in [5.74, 6) is 0.0464. The molecule has 3 heterocycles. The fraction of sp³-hybridized carbons (Fsp3) is 0.308. The number of hydrogen-bond acceptors (Lipinski definition) is 3. The van der Waals surface area contributed by atoms with Gasteiger partial charge < -0.3 is 14.4 Å². The Balaban J connectivity index is 1.81. The van der Waals surface area contributed by atoms with Crippen molar-refractivity contribution in [3.8, 4) is 28.1 Å². The lowest BCUT2D eigenvalue weighted by atomic mass is 9.82. The van der Waals surface area contributed by atoms with Crippen LogP contribution in [0.5, 0.6) is 5.75 Å². The van der Waals surface area contributed by atoms with Crippen molar-refractivity contribution in [2.75, 3.05) is 6.61 Å². The second-order valence-corrected chi connectivity index (χ2v) is 8.89. The first-order valence-corrected chi connectivity index (χ1v) is 10.7. The summed E-state index contributed by atoms with van der Waals surface area (Å²) >= 11 is 0. The number of aromatic carboxylic acids is 1. The molecule has 3 aromatic rings. The van der Waals surface area contributed by atoms with Crippen molar-refractivity contribution in [2.24, 2.45) is 5.92 Å². The molecule has 0 amide bonds. The third-order valence-corrected chi connectivity index (χ3v) is 6.58. The van der Waals surface area contributed by atoms with Gasteiger partial charge in [-0.1, -0.05) is 43.7 Å². The fourth-order valence-corrected chi connectivity index (χ4v) is 4.92. The van der Waals surface area contributed by atoms with Gasteiger partial charge in [0.15, 0.2) is 5.43 Å². The SMILES string of the molecule is Cc1ccc(-c2cc3c(c4c2OCC4)C[C@@H](C(C)C)n2cc(C(=O)O)c(=O)cc2-3)cc1. The average Bonchev–Trinajstić information content (AvgIpc) is 3.22. The quantitative estimate of drug-likeness (QED) is 0.662. The Labute approximate surface area is 180 Å². The molecule has 1 atom stereocenters. The maximum Gasteiger partial charge on any atom is 0.341 e. The largest absolute Gasteiger partial charge is 0.492 e. The highest BCUT2D eigenvalue weighted by molar-refractivity contribution is 5.88. The second-order valence-electron chi connectivity index (χ2n) is 8.89. The van der Waals surface area contributed by atoms with E-state index in [2.05, 4.69) is 51.1 Å². The van der Waals surface area contributed by atoms with Crippen molar-refractivity contribution in [2.45, 2.75) is 39.7 Å². The van der Waals surface area contributed by atoms with Crippen LogP contribution in [-0.4, -0.2) is 22.2 Å². The molecule has 0 fully saturated rings. The van der Waals surface area contributed by atoms with Crippen molar-refractivity contribution in [3.05, 3.63) is 75.1 Å². The minimum atomic E-state index is -1.18. The Kier molecular flexibility index (Phi) is 4.50. The van der Waals surface area contributed by atoms with E-state index in [-0.39, 0.29) is 17.5 Å². The van der Waals surface area contributed by atoms with Crippen LogP contribution < -0.4 is 10.2 Å². The Morgan fingerprint density at radius 1 is 1.13 bits per heavy atom. The molecule has 0 unspecified atom stereocenters. The molecule has 0 saturated heterocycles. The number of aromatic nitrogens is 1. The van der Waals surface area contributed by atoms with Gasteiger partial charge >= 0.3 is 5.97 Å². The van der Waals surface area contributed by atoms with Gasteiger partial charge in [0.1, 0.15) is 11.3 Å². The predicted octanol–water partition coefficient (Wildman–Crippen LogP) is 4.88. The van der Waals surface area contributed by atoms with Gasteiger partial charge in [-0.3, -0.25) is 4.79 Å². The lowest BCUT2D eigenvalue weighted by Crippen LogP contribution is -2.28. The molecule has 0 bridgehead atoms. The van der Waals surface area contributed by atoms with Crippen molar-refractivity contribution in [3.63, 3.8) is 0 Å². The van der Waals surface area contributed by atoms with Crippen LogP contribution in [0.25, 0.3) is 22.4 Å². The van der Waals surface area contributed by atoms with Crippen LogP contribution in [0.2, 0.25) is 0 Å². The maximum atomic E-state index is 12.6. The molecule has 5 nitrogen and oxygen atoms in total. The molecule has 1 aromatic heterocycles. The van der Waals surface area contributed by atoms with Crippen LogP contribution >= 0.6 is 0 Å². The summed E-state index contributed by atoms with van der Waals surface area (Å²) in [7, 11) is 0. The van der Waals surface area contributed by atoms with E-state index in [1.165, 1.54) is 29.0 Å². The summed E-state index contributed by atoms with van der Waals surface area (Å²) in [4.78, 5) is 24.2. The first kappa shape index (κ1) is 19.6. The number of ether oxygens (including phenoxy) is 1. The van der Waals surface area contributed by atoms with Crippen LogP contribution in [-0.2, 0) is 12.8 Å². The van der Waals surface area contributed by atoms with Crippen LogP contribution in [0.1, 0.15) is 46.9 Å². The number of nitrogens with zero attached hydrogens (tertiary/aromatic N) is 1. The number of carboxylic acid groups (broad SMARTS) is 1. The summed E-state index contributed by atoms with van der Waals surface area (Å²) in [5.41, 5.74) is 6.90. The molecule has 5 heteroatoms. The Morgan fingerprint density at radius 2 is 1.87 bits per heavy atom. The number of rotatable bonds is 3. The number of carboxylic acids is 1.